The maximum Gasteiger partial charge on any atom is 0.288 e. The molecular formula is C19H23N3O4. The van der Waals surface area contributed by atoms with Crippen LogP contribution in [0.1, 0.15) is 46.3 Å². The molecule has 2 aromatic rings. The zero-order chi connectivity index (χ0) is 18.9. The van der Waals surface area contributed by atoms with Crippen LogP contribution < -0.4 is 20.3 Å². The van der Waals surface area contributed by atoms with Crippen LogP contribution in [-0.4, -0.2) is 30.5 Å². The normalized spacial score (nSPS) is 10.1. The van der Waals surface area contributed by atoms with Gasteiger partial charge in [-0.05, 0) is 43.7 Å². The van der Waals surface area contributed by atoms with Crippen molar-refractivity contribution in [3.8, 4) is 11.5 Å². The van der Waals surface area contributed by atoms with Crippen molar-refractivity contribution in [1.29, 1.82) is 0 Å². The van der Waals surface area contributed by atoms with Crippen molar-refractivity contribution in [3.63, 3.8) is 0 Å². The summed E-state index contributed by atoms with van der Waals surface area (Å²) in [6.45, 7) is 4.44. The van der Waals surface area contributed by atoms with Gasteiger partial charge in [-0.25, -0.2) is 4.98 Å². The molecular weight excluding hydrogens is 334 g/mol. The van der Waals surface area contributed by atoms with Crippen LogP contribution in [0.5, 0.6) is 11.5 Å². The Kier molecular flexibility index (Phi) is 6.96. The van der Waals surface area contributed by atoms with Gasteiger partial charge in [0.2, 0.25) is 0 Å². The molecule has 0 unspecified atom stereocenters. The number of amides is 2. The summed E-state index contributed by atoms with van der Waals surface area (Å²) in [4.78, 5) is 28.4. The number of carbonyl (C=O) groups is 2. The van der Waals surface area contributed by atoms with Crippen LogP contribution in [0.4, 0.5) is 0 Å². The minimum atomic E-state index is -0.492. The van der Waals surface area contributed by atoms with Crippen molar-refractivity contribution < 1.29 is 19.1 Å². The zero-order valence-corrected chi connectivity index (χ0v) is 15.2. The number of hydrogen-bond donors (Lipinski definition) is 2. The zero-order valence-electron chi connectivity index (χ0n) is 15.2. The summed E-state index contributed by atoms with van der Waals surface area (Å²) in [6, 6.07) is 9.92. The Hall–Kier alpha value is -3.09. The molecule has 2 rings (SSSR count). The van der Waals surface area contributed by atoms with E-state index in [4.69, 9.17) is 9.47 Å². The summed E-state index contributed by atoms with van der Waals surface area (Å²) >= 11 is 0. The molecule has 0 spiro atoms. The van der Waals surface area contributed by atoms with E-state index in [0.717, 1.165) is 12.8 Å². The fourth-order valence-electron chi connectivity index (χ4n) is 2.17. The third-order valence-corrected chi connectivity index (χ3v) is 3.59. The molecule has 0 aliphatic heterocycles. The molecule has 2 amide bonds. The van der Waals surface area contributed by atoms with Gasteiger partial charge in [0, 0.05) is 11.3 Å². The van der Waals surface area contributed by atoms with Gasteiger partial charge in [-0.1, -0.05) is 19.4 Å². The van der Waals surface area contributed by atoms with E-state index >= 15 is 0 Å². The molecule has 0 saturated carbocycles. The summed E-state index contributed by atoms with van der Waals surface area (Å²) in [5, 5.41) is 0. The Morgan fingerprint density at radius 2 is 1.85 bits per heavy atom. The molecule has 0 radical (unpaired) electrons. The van der Waals surface area contributed by atoms with E-state index in [-0.39, 0.29) is 5.69 Å². The average Bonchev–Trinajstić information content (AvgIpc) is 2.66. The van der Waals surface area contributed by atoms with E-state index in [1.165, 1.54) is 7.11 Å². The van der Waals surface area contributed by atoms with Crippen molar-refractivity contribution in [2.45, 2.75) is 26.7 Å². The van der Waals surface area contributed by atoms with E-state index in [0.29, 0.717) is 29.4 Å². The number of aryl methyl sites for hydroxylation is 1. The minimum Gasteiger partial charge on any atom is -0.493 e. The molecule has 0 saturated heterocycles. The van der Waals surface area contributed by atoms with Gasteiger partial charge in [0.15, 0.2) is 11.5 Å². The standard InChI is InChI=1S/C19H23N3O4/c1-4-5-11-26-16-10-9-14(12-17(16)25-3)18(23)21-22-19(24)15-8-6-7-13(2)20-15/h6-10,12H,4-5,11H2,1-3H3,(H,21,23)(H,22,24). The van der Waals surface area contributed by atoms with Crippen LogP contribution in [0, 0.1) is 6.92 Å². The van der Waals surface area contributed by atoms with Gasteiger partial charge in [-0.3, -0.25) is 20.4 Å². The molecule has 0 atom stereocenters. The number of carbonyl (C=O) groups excluding carboxylic acids is 2. The third kappa shape index (κ3) is 5.20. The number of nitrogens with zero attached hydrogens (tertiary/aromatic N) is 1. The van der Waals surface area contributed by atoms with Crippen molar-refractivity contribution in [2.75, 3.05) is 13.7 Å². The van der Waals surface area contributed by atoms with Crippen molar-refractivity contribution >= 4 is 11.8 Å². The van der Waals surface area contributed by atoms with Crippen molar-refractivity contribution in [2.24, 2.45) is 0 Å². The first-order valence-corrected chi connectivity index (χ1v) is 8.40. The van der Waals surface area contributed by atoms with Crippen molar-refractivity contribution in [1.82, 2.24) is 15.8 Å². The van der Waals surface area contributed by atoms with Gasteiger partial charge in [0.05, 0.1) is 13.7 Å². The quantitative estimate of drug-likeness (QED) is 0.587. The fourth-order valence-corrected chi connectivity index (χ4v) is 2.17. The Morgan fingerprint density at radius 1 is 1.08 bits per heavy atom. The monoisotopic (exact) mass is 357 g/mol. The molecule has 0 fully saturated rings. The molecule has 1 heterocycles. The highest BCUT2D eigenvalue weighted by molar-refractivity contribution is 5.98. The van der Waals surface area contributed by atoms with Gasteiger partial charge in [0.25, 0.3) is 11.8 Å². The number of hydrazine groups is 1. The number of ether oxygens (including phenoxy) is 2. The molecule has 7 heteroatoms. The number of unbranched alkanes of at least 4 members (excludes halogenated alkanes) is 1. The van der Waals surface area contributed by atoms with Gasteiger partial charge in [-0.2, -0.15) is 0 Å². The molecule has 1 aromatic carbocycles. The van der Waals surface area contributed by atoms with Crippen LogP contribution in [0.3, 0.4) is 0 Å². The summed E-state index contributed by atoms with van der Waals surface area (Å²) in [5.41, 5.74) is 5.99. The second-order valence-electron chi connectivity index (χ2n) is 5.64. The average molecular weight is 357 g/mol. The Bertz CT molecular complexity index is 777. The number of benzene rings is 1. The molecule has 138 valence electrons. The highest BCUT2D eigenvalue weighted by Gasteiger charge is 2.13. The maximum absolute atomic E-state index is 12.2. The molecule has 0 bridgehead atoms. The predicted octanol–water partition coefficient (Wildman–Crippen LogP) is 2.65. The first-order chi connectivity index (χ1) is 12.5. The fraction of sp³-hybridized carbons (Fsp3) is 0.316. The van der Waals surface area contributed by atoms with Crippen LogP contribution in [-0.2, 0) is 0 Å². The number of rotatable bonds is 7. The SMILES string of the molecule is CCCCOc1ccc(C(=O)NNC(=O)c2cccc(C)n2)cc1OC. The Labute approximate surface area is 152 Å². The number of aromatic nitrogens is 1. The van der Waals surface area contributed by atoms with E-state index in [2.05, 4.69) is 22.8 Å². The molecule has 2 N–H and O–H groups in total. The van der Waals surface area contributed by atoms with Crippen molar-refractivity contribution in [3.05, 3.63) is 53.3 Å². The molecule has 1 aromatic heterocycles. The van der Waals surface area contributed by atoms with Gasteiger partial charge < -0.3 is 9.47 Å². The van der Waals surface area contributed by atoms with Gasteiger partial charge in [0.1, 0.15) is 5.69 Å². The number of nitrogens with one attached hydrogen (secondary N) is 2. The number of methoxy groups -OCH3 is 1. The molecule has 0 aliphatic rings. The Morgan fingerprint density at radius 3 is 2.54 bits per heavy atom. The van der Waals surface area contributed by atoms with E-state index in [1.54, 1.807) is 43.3 Å². The predicted molar refractivity (Wildman–Crippen MR) is 97.3 cm³/mol. The summed E-state index contributed by atoms with van der Waals surface area (Å²) < 4.78 is 10.9. The second-order valence-corrected chi connectivity index (χ2v) is 5.64. The molecule has 0 aliphatic carbocycles. The molecule has 7 nitrogen and oxygen atoms in total. The maximum atomic E-state index is 12.2. The first-order valence-electron chi connectivity index (χ1n) is 8.40. The lowest BCUT2D eigenvalue weighted by atomic mass is 10.2. The largest absolute Gasteiger partial charge is 0.493 e. The summed E-state index contributed by atoms with van der Waals surface area (Å²) in [7, 11) is 1.51. The van der Waals surface area contributed by atoms with E-state index < -0.39 is 11.8 Å². The van der Waals surface area contributed by atoms with Crippen LogP contribution in [0.15, 0.2) is 36.4 Å². The van der Waals surface area contributed by atoms with E-state index in [9.17, 15) is 9.59 Å². The highest BCUT2D eigenvalue weighted by Crippen LogP contribution is 2.28. The highest BCUT2D eigenvalue weighted by atomic mass is 16.5. The second kappa shape index (κ2) is 9.41. The van der Waals surface area contributed by atoms with Gasteiger partial charge >= 0.3 is 0 Å². The lowest BCUT2D eigenvalue weighted by Crippen LogP contribution is -2.42. The van der Waals surface area contributed by atoms with Crippen LogP contribution in [0.2, 0.25) is 0 Å². The minimum absolute atomic E-state index is 0.225. The lowest BCUT2D eigenvalue weighted by molar-refractivity contribution is 0.0843. The number of pyridine rings is 1. The van der Waals surface area contributed by atoms with Crippen LogP contribution in [0.25, 0.3) is 0 Å². The Balaban J connectivity index is 1.99. The molecule has 26 heavy (non-hydrogen) atoms. The van der Waals surface area contributed by atoms with E-state index in [1.807, 2.05) is 0 Å². The lowest BCUT2D eigenvalue weighted by Gasteiger charge is -2.12. The van der Waals surface area contributed by atoms with Gasteiger partial charge in [-0.15, -0.1) is 0 Å². The third-order valence-electron chi connectivity index (χ3n) is 3.59. The smallest absolute Gasteiger partial charge is 0.288 e. The topological polar surface area (TPSA) is 89.6 Å². The summed E-state index contributed by atoms with van der Waals surface area (Å²) in [6.07, 6.45) is 1.96. The van der Waals surface area contributed by atoms with Crippen LogP contribution >= 0.6 is 0 Å². The summed E-state index contributed by atoms with van der Waals surface area (Å²) in [5.74, 6) is 0.0730. The first kappa shape index (κ1) is 19.2. The number of hydrogen-bond acceptors (Lipinski definition) is 5.